The van der Waals surface area contributed by atoms with E-state index < -0.39 is 12.2 Å². The Morgan fingerprint density at radius 1 is 1.14 bits per heavy atom. The van der Waals surface area contributed by atoms with E-state index in [0.29, 0.717) is 0 Å². The quantitative estimate of drug-likeness (QED) is 0.631. The van der Waals surface area contributed by atoms with Gasteiger partial charge in [-0.05, 0) is 6.07 Å². The second-order valence-corrected chi connectivity index (χ2v) is 2.41. The predicted molar refractivity (Wildman–Crippen MR) is 44.2 cm³/mol. The largest absolute Gasteiger partial charge is 0.574 e. The van der Waals surface area contributed by atoms with E-state index in [0.717, 1.165) is 6.07 Å². The van der Waals surface area contributed by atoms with E-state index in [2.05, 4.69) is 9.72 Å². The van der Waals surface area contributed by atoms with Gasteiger partial charge < -0.3 is 21.9 Å². The molecule has 0 aliphatic carbocycles. The van der Waals surface area contributed by atoms with Crippen LogP contribution < -0.4 is 21.9 Å². The molecule has 78 valence electrons. The number of alkyl halides is 3. The molecule has 1 rings (SSSR count). The number of hydrogen-bond acceptors (Lipinski definition) is 5. The van der Waals surface area contributed by atoms with Crippen molar-refractivity contribution in [3.05, 3.63) is 6.07 Å². The highest BCUT2D eigenvalue weighted by Crippen LogP contribution is 2.29. The fraction of sp³-hybridized carbons (Fsp3) is 0.167. The molecule has 1 heterocycles. The molecule has 0 spiro atoms. The number of rotatable bonds is 1. The van der Waals surface area contributed by atoms with Crippen molar-refractivity contribution in [2.24, 2.45) is 0 Å². The summed E-state index contributed by atoms with van der Waals surface area (Å²) in [4.78, 5) is 3.24. The molecule has 0 aliphatic heterocycles. The van der Waals surface area contributed by atoms with Gasteiger partial charge in [0.15, 0.2) is 5.82 Å². The first-order valence-electron chi connectivity index (χ1n) is 3.37. The molecule has 0 aliphatic rings. The molecule has 14 heavy (non-hydrogen) atoms. The van der Waals surface area contributed by atoms with E-state index in [9.17, 15) is 13.2 Å². The number of nitrogen functional groups attached to an aromatic ring is 3. The van der Waals surface area contributed by atoms with Crippen molar-refractivity contribution in [3.63, 3.8) is 0 Å². The van der Waals surface area contributed by atoms with E-state index in [1.54, 1.807) is 0 Å². The molecule has 1 aromatic heterocycles. The van der Waals surface area contributed by atoms with Crippen molar-refractivity contribution in [1.29, 1.82) is 0 Å². The van der Waals surface area contributed by atoms with Crippen LogP contribution in [-0.2, 0) is 0 Å². The Bertz CT molecular complexity index is 352. The van der Waals surface area contributed by atoms with Crippen LogP contribution in [-0.4, -0.2) is 11.3 Å². The lowest BCUT2D eigenvalue weighted by Gasteiger charge is -2.11. The smallest absolute Gasteiger partial charge is 0.396 e. The van der Waals surface area contributed by atoms with E-state index >= 15 is 0 Å². The number of ether oxygens (including phenoxy) is 1. The van der Waals surface area contributed by atoms with Crippen LogP contribution in [0.1, 0.15) is 0 Å². The summed E-state index contributed by atoms with van der Waals surface area (Å²) in [6.07, 6.45) is -4.86. The highest BCUT2D eigenvalue weighted by atomic mass is 19.4. The van der Waals surface area contributed by atoms with E-state index in [1.807, 2.05) is 0 Å². The molecule has 5 nitrogen and oxygen atoms in total. The monoisotopic (exact) mass is 208 g/mol. The summed E-state index contributed by atoms with van der Waals surface area (Å²) >= 11 is 0. The fourth-order valence-corrected chi connectivity index (χ4v) is 0.733. The summed E-state index contributed by atoms with van der Waals surface area (Å²) in [6.45, 7) is 0. The van der Waals surface area contributed by atoms with Gasteiger partial charge in [0.2, 0.25) is 5.88 Å². The molecule has 0 bridgehead atoms. The average Bonchev–Trinajstić information content (AvgIpc) is 1.97. The van der Waals surface area contributed by atoms with E-state index in [4.69, 9.17) is 17.2 Å². The summed E-state index contributed by atoms with van der Waals surface area (Å²) in [7, 11) is 0. The minimum absolute atomic E-state index is 0.00276. The second kappa shape index (κ2) is 3.13. The maximum Gasteiger partial charge on any atom is 0.574 e. The van der Waals surface area contributed by atoms with Gasteiger partial charge in [0.1, 0.15) is 0 Å². The first-order valence-corrected chi connectivity index (χ1v) is 3.37. The average molecular weight is 208 g/mol. The van der Waals surface area contributed by atoms with Gasteiger partial charge in [0, 0.05) is 0 Å². The molecule has 0 aromatic carbocycles. The number of anilines is 3. The number of halogens is 3. The van der Waals surface area contributed by atoms with Crippen molar-refractivity contribution >= 4 is 17.2 Å². The molecule has 0 fully saturated rings. The Kier molecular flexibility index (Phi) is 2.28. The lowest BCUT2D eigenvalue weighted by Crippen LogP contribution is -2.19. The zero-order chi connectivity index (χ0) is 10.9. The minimum Gasteiger partial charge on any atom is -0.396 e. The SMILES string of the molecule is Nc1cc(N)c(OC(F)(F)F)nc1N. The Hall–Kier alpha value is -1.86. The summed E-state index contributed by atoms with van der Waals surface area (Å²) in [5.41, 5.74) is 15.3. The lowest BCUT2D eigenvalue weighted by molar-refractivity contribution is -0.275. The van der Waals surface area contributed by atoms with Crippen LogP contribution in [0.4, 0.5) is 30.4 Å². The van der Waals surface area contributed by atoms with E-state index in [1.165, 1.54) is 0 Å². The number of pyridine rings is 1. The third-order valence-corrected chi connectivity index (χ3v) is 1.29. The second-order valence-electron chi connectivity index (χ2n) is 2.41. The highest BCUT2D eigenvalue weighted by Gasteiger charge is 2.33. The van der Waals surface area contributed by atoms with E-state index in [-0.39, 0.29) is 17.2 Å². The lowest BCUT2D eigenvalue weighted by atomic mass is 10.3. The van der Waals surface area contributed by atoms with Gasteiger partial charge >= 0.3 is 6.36 Å². The molecule has 6 N–H and O–H groups in total. The minimum atomic E-state index is -4.86. The van der Waals surface area contributed by atoms with Gasteiger partial charge in [-0.3, -0.25) is 0 Å². The van der Waals surface area contributed by atoms with Crippen LogP contribution in [0, 0.1) is 0 Å². The van der Waals surface area contributed by atoms with Gasteiger partial charge in [-0.2, -0.15) is 4.98 Å². The number of nitrogens with zero attached hydrogens (tertiary/aromatic N) is 1. The van der Waals surface area contributed by atoms with Crippen molar-refractivity contribution in [3.8, 4) is 5.88 Å². The van der Waals surface area contributed by atoms with Crippen LogP contribution in [0.15, 0.2) is 6.07 Å². The zero-order valence-electron chi connectivity index (χ0n) is 6.80. The molecule has 1 aromatic rings. The number of hydrogen-bond donors (Lipinski definition) is 3. The molecule has 8 heteroatoms. The van der Waals surface area contributed by atoms with Crippen LogP contribution in [0.3, 0.4) is 0 Å². The van der Waals surface area contributed by atoms with Crippen LogP contribution in [0.25, 0.3) is 0 Å². The van der Waals surface area contributed by atoms with Gasteiger partial charge in [-0.25, -0.2) is 0 Å². The van der Waals surface area contributed by atoms with Gasteiger partial charge in [0.05, 0.1) is 11.4 Å². The zero-order valence-corrected chi connectivity index (χ0v) is 6.80. The van der Waals surface area contributed by atoms with Crippen LogP contribution >= 0.6 is 0 Å². The van der Waals surface area contributed by atoms with Crippen molar-refractivity contribution < 1.29 is 17.9 Å². The Balaban J connectivity index is 3.04. The van der Waals surface area contributed by atoms with Crippen molar-refractivity contribution in [2.45, 2.75) is 6.36 Å². The topological polar surface area (TPSA) is 100 Å². The first-order chi connectivity index (χ1) is 6.29. The summed E-state index contributed by atoms with van der Waals surface area (Å²) in [5, 5.41) is 0. The number of aromatic nitrogens is 1. The van der Waals surface area contributed by atoms with Gasteiger partial charge in [-0.15, -0.1) is 13.2 Å². The fourth-order valence-electron chi connectivity index (χ4n) is 0.733. The molecule has 0 amide bonds. The maximum absolute atomic E-state index is 11.8. The molecule has 0 unspecified atom stereocenters. The van der Waals surface area contributed by atoms with Gasteiger partial charge in [0.25, 0.3) is 0 Å². The van der Waals surface area contributed by atoms with Crippen molar-refractivity contribution in [1.82, 2.24) is 4.98 Å². The molecule has 0 saturated heterocycles. The van der Waals surface area contributed by atoms with Crippen molar-refractivity contribution in [2.75, 3.05) is 17.2 Å². The molecular formula is C6H7F3N4O. The third kappa shape index (κ3) is 2.31. The normalized spacial score (nSPS) is 11.4. The Morgan fingerprint density at radius 3 is 2.21 bits per heavy atom. The molecule has 0 atom stereocenters. The van der Waals surface area contributed by atoms with Crippen LogP contribution in [0.2, 0.25) is 0 Å². The highest BCUT2D eigenvalue weighted by molar-refractivity contribution is 5.67. The third-order valence-electron chi connectivity index (χ3n) is 1.29. The molecule has 0 radical (unpaired) electrons. The predicted octanol–water partition coefficient (Wildman–Crippen LogP) is 0.727. The Labute approximate surface area is 76.6 Å². The molecule has 0 saturated carbocycles. The Morgan fingerprint density at radius 2 is 1.71 bits per heavy atom. The standard InChI is InChI=1S/C6H7F3N4O/c7-6(8,9)14-5-3(11)1-2(10)4(12)13-5/h1H,10-11H2,(H2,12,13). The van der Waals surface area contributed by atoms with Crippen LogP contribution in [0.5, 0.6) is 5.88 Å². The number of nitrogens with two attached hydrogens (primary N) is 3. The maximum atomic E-state index is 11.8. The first kappa shape index (κ1) is 10.2. The summed E-state index contributed by atoms with van der Waals surface area (Å²) < 4.78 is 38.8. The summed E-state index contributed by atoms with van der Waals surface area (Å²) in [6, 6.07) is 1.05. The summed E-state index contributed by atoms with van der Waals surface area (Å²) in [5.74, 6) is -1.07. The molecular weight excluding hydrogens is 201 g/mol. The van der Waals surface area contributed by atoms with Gasteiger partial charge in [-0.1, -0.05) is 0 Å².